The zero-order chi connectivity index (χ0) is 18.0. The van der Waals surface area contributed by atoms with Crippen LogP contribution in [0.25, 0.3) is 0 Å². The molecule has 0 saturated carbocycles. The van der Waals surface area contributed by atoms with Crippen LogP contribution in [0.4, 0.5) is 0 Å². The van der Waals surface area contributed by atoms with E-state index in [1.807, 2.05) is 0 Å². The van der Waals surface area contributed by atoms with E-state index in [1.165, 1.54) is 19.1 Å². The largest absolute Gasteiger partial charge is 0.453 e. The Morgan fingerprint density at radius 3 is 2.48 bits per heavy atom. The molecule has 1 aromatic carbocycles. The van der Waals surface area contributed by atoms with Crippen LogP contribution in [0.2, 0.25) is 0 Å². The van der Waals surface area contributed by atoms with Crippen LogP contribution in [-0.2, 0) is 23.8 Å². The first kappa shape index (κ1) is 17.1. The number of fused-ring (bicyclic) bond motifs is 1. The lowest BCUT2D eigenvalue weighted by molar-refractivity contribution is -0.769. The molecule has 3 rings (SSSR count). The van der Waals surface area contributed by atoms with Crippen LogP contribution in [0.3, 0.4) is 0 Å². The molecule has 0 bridgehead atoms. The van der Waals surface area contributed by atoms with Crippen molar-refractivity contribution < 1.29 is 38.5 Å². The average Bonchev–Trinajstić information content (AvgIpc) is 3.11. The van der Waals surface area contributed by atoms with Gasteiger partial charge < -0.3 is 23.8 Å². The number of hydrogen-bond acceptors (Lipinski definition) is 9. The van der Waals surface area contributed by atoms with Crippen molar-refractivity contribution >= 4 is 11.9 Å². The number of nitrogens with zero attached hydrogens (tertiary/aromatic N) is 1. The first-order valence-electron chi connectivity index (χ1n) is 7.48. The fourth-order valence-electron chi connectivity index (χ4n) is 2.81. The molecule has 1 aromatic rings. The number of hydrogen-bond donors (Lipinski definition) is 0. The average molecular weight is 353 g/mol. The Balaban J connectivity index is 1.67. The molecule has 2 heterocycles. The van der Waals surface area contributed by atoms with Gasteiger partial charge in [-0.1, -0.05) is 12.1 Å². The minimum Gasteiger partial charge on any atom is -0.453 e. The minimum absolute atomic E-state index is 0.0222. The third-order valence-corrected chi connectivity index (χ3v) is 3.80. The summed E-state index contributed by atoms with van der Waals surface area (Å²) in [6, 6.07) is 6.15. The van der Waals surface area contributed by atoms with Gasteiger partial charge in [0.25, 0.3) is 5.09 Å². The van der Waals surface area contributed by atoms with Gasteiger partial charge in [-0.15, -0.1) is 10.1 Å². The molecule has 0 N–H and O–H groups in total. The maximum absolute atomic E-state index is 12.4. The number of ether oxygens (including phenoxy) is 4. The smallest absolute Gasteiger partial charge is 0.342 e. The van der Waals surface area contributed by atoms with E-state index in [2.05, 4.69) is 4.84 Å². The summed E-state index contributed by atoms with van der Waals surface area (Å²) in [5.74, 6) is -1.20. The quantitative estimate of drug-likeness (QED) is 0.322. The van der Waals surface area contributed by atoms with Crippen LogP contribution in [0.15, 0.2) is 24.3 Å². The predicted molar refractivity (Wildman–Crippen MR) is 78.3 cm³/mol. The molecule has 2 aliphatic rings. The zero-order valence-corrected chi connectivity index (χ0v) is 13.2. The number of carbonyl (C=O) groups is 2. The van der Waals surface area contributed by atoms with Crippen molar-refractivity contribution in [2.75, 3.05) is 13.2 Å². The molecule has 10 nitrogen and oxygen atoms in total. The molecular weight excluding hydrogens is 338 g/mol. The summed E-state index contributed by atoms with van der Waals surface area (Å²) in [6.45, 7) is 1.21. The van der Waals surface area contributed by atoms with Crippen molar-refractivity contribution in [1.82, 2.24) is 0 Å². The van der Waals surface area contributed by atoms with Crippen molar-refractivity contribution in [3.63, 3.8) is 0 Å². The Morgan fingerprint density at radius 2 is 1.80 bits per heavy atom. The SMILES string of the molecule is CC(=O)Oc1ccccc1C(=O)O[C@@H]1CO[C@H]2[C@@H]1OC[C@@H]2O[N+](=O)[O-]. The van der Waals surface area contributed by atoms with E-state index in [4.69, 9.17) is 18.9 Å². The van der Waals surface area contributed by atoms with Gasteiger partial charge in [-0.05, 0) is 12.1 Å². The van der Waals surface area contributed by atoms with Crippen molar-refractivity contribution in [3.8, 4) is 5.75 Å². The highest BCUT2D eigenvalue weighted by atomic mass is 17.0. The molecule has 0 spiro atoms. The minimum atomic E-state index is -0.908. The molecular formula is C15H15NO9. The van der Waals surface area contributed by atoms with Gasteiger partial charge in [-0.2, -0.15) is 0 Å². The van der Waals surface area contributed by atoms with Crippen molar-refractivity contribution in [2.24, 2.45) is 0 Å². The molecule has 0 aliphatic carbocycles. The molecule has 0 unspecified atom stereocenters. The second-order valence-corrected chi connectivity index (χ2v) is 5.50. The van der Waals surface area contributed by atoms with E-state index in [0.29, 0.717) is 0 Å². The Labute approximate surface area is 141 Å². The molecule has 2 saturated heterocycles. The zero-order valence-electron chi connectivity index (χ0n) is 13.2. The molecule has 2 fully saturated rings. The lowest BCUT2D eigenvalue weighted by atomic mass is 10.1. The summed E-state index contributed by atoms with van der Waals surface area (Å²) < 4.78 is 21.2. The normalized spacial score (nSPS) is 27.4. The standard InChI is InChI=1S/C15H15NO9/c1-8(17)23-10-5-3-2-4-9(10)15(18)24-11-6-21-14-12(25-16(19)20)7-22-13(11)14/h2-5,11-14H,6-7H2,1H3/t11-,12+,13-,14-/m1/s1. The van der Waals surface area contributed by atoms with Gasteiger partial charge >= 0.3 is 11.9 Å². The topological polar surface area (TPSA) is 123 Å². The van der Waals surface area contributed by atoms with E-state index in [-0.39, 0.29) is 24.5 Å². The van der Waals surface area contributed by atoms with E-state index in [0.717, 1.165) is 0 Å². The van der Waals surface area contributed by atoms with E-state index >= 15 is 0 Å². The van der Waals surface area contributed by atoms with Crippen molar-refractivity contribution in [1.29, 1.82) is 0 Å². The van der Waals surface area contributed by atoms with Gasteiger partial charge in [0.15, 0.2) is 12.2 Å². The molecule has 25 heavy (non-hydrogen) atoms. The molecule has 2 aliphatic heterocycles. The second kappa shape index (κ2) is 7.03. The van der Waals surface area contributed by atoms with E-state index in [1.54, 1.807) is 12.1 Å². The summed E-state index contributed by atoms with van der Waals surface area (Å²) >= 11 is 0. The number of rotatable bonds is 5. The first-order valence-corrected chi connectivity index (χ1v) is 7.48. The maximum atomic E-state index is 12.4. The van der Waals surface area contributed by atoms with Crippen LogP contribution in [0, 0.1) is 10.1 Å². The van der Waals surface area contributed by atoms with Gasteiger partial charge in [0.1, 0.15) is 23.5 Å². The van der Waals surface area contributed by atoms with Crippen LogP contribution in [-0.4, -0.2) is 54.7 Å². The van der Waals surface area contributed by atoms with Gasteiger partial charge in [0.05, 0.1) is 13.2 Å². The molecule has 0 radical (unpaired) electrons. The highest BCUT2D eigenvalue weighted by molar-refractivity contribution is 5.93. The molecule has 134 valence electrons. The Hall–Kier alpha value is -2.72. The van der Waals surface area contributed by atoms with Crippen LogP contribution in [0.1, 0.15) is 17.3 Å². The molecule has 0 aromatic heterocycles. The molecule has 4 atom stereocenters. The Kier molecular flexibility index (Phi) is 4.81. The maximum Gasteiger partial charge on any atom is 0.342 e. The first-order chi connectivity index (χ1) is 12.0. The van der Waals surface area contributed by atoms with Gasteiger partial charge in [0.2, 0.25) is 0 Å². The second-order valence-electron chi connectivity index (χ2n) is 5.50. The highest BCUT2D eigenvalue weighted by Gasteiger charge is 2.51. The summed E-state index contributed by atoms with van der Waals surface area (Å²) in [5.41, 5.74) is 0.0808. The van der Waals surface area contributed by atoms with Gasteiger partial charge in [-0.25, -0.2) is 4.79 Å². The number of para-hydroxylation sites is 1. The van der Waals surface area contributed by atoms with Crippen LogP contribution >= 0.6 is 0 Å². The van der Waals surface area contributed by atoms with Gasteiger partial charge in [-0.3, -0.25) is 4.79 Å². The third kappa shape index (κ3) is 3.69. The number of carbonyl (C=O) groups excluding carboxylic acids is 2. The highest BCUT2D eigenvalue weighted by Crippen LogP contribution is 2.31. The fraction of sp³-hybridized carbons (Fsp3) is 0.467. The summed E-state index contributed by atoms with van der Waals surface area (Å²) in [7, 11) is 0. The number of benzene rings is 1. The van der Waals surface area contributed by atoms with Crippen molar-refractivity contribution in [3.05, 3.63) is 39.9 Å². The number of esters is 2. The summed E-state index contributed by atoms with van der Waals surface area (Å²) in [4.78, 5) is 38.5. The molecule has 0 amide bonds. The fourth-order valence-corrected chi connectivity index (χ4v) is 2.81. The predicted octanol–water partition coefficient (Wildman–Crippen LogP) is 0.512. The van der Waals surface area contributed by atoms with E-state index in [9.17, 15) is 19.7 Å². The van der Waals surface area contributed by atoms with Gasteiger partial charge in [0, 0.05) is 6.92 Å². The van der Waals surface area contributed by atoms with E-state index < -0.39 is 41.4 Å². The third-order valence-electron chi connectivity index (χ3n) is 3.80. The van der Waals surface area contributed by atoms with Crippen molar-refractivity contribution in [2.45, 2.75) is 31.3 Å². The lowest BCUT2D eigenvalue weighted by Gasteiger charge is -2.17. The monoisotopic (exact) mass is 353 g/mol. The lowest BCUT2D eigenvalue weighted by Crippen LogP contribution is -2.35. The summed E-state index contributed by atoms with van der Waals surface area (Å²) in [5, 5.41) is 9.55. The summed E-state index contributed by atoms with van der Waals surface area (Å²) in [6.07, 6.45) is -2.96. The Morgan fingerprint density at radius 1 is 1.16 bits per heavy atom. The van der Waals surface area contributed by atoms with Crippen LogP contribution < -0.4 is 4.74 Å². The molecule has 10 heteroatoms. The van der Waals surface area contributed by atoms with Crippen LogP contribution in [0.5, 0.6) is 5.75 Å². The Bertz CT molecular complexity index is 691.